The lowest BCUT2D eigenvalue weighted by Crippen LogP contribution is -2.30. The van der Waals surface area contributed by atoms with Crippen molar-refractivity contribution in [2.45, 2.75) is 44.4 Å². The second-order valence-corrected chi connectivity index (χ2v) is 7.75. The molecule has 5 rings (SSSR count). The predicted molar refractivity (Wildman–Crippen MR) is 107 cm³/mol. The van der Waals surface area contributed by atoms with Crippen LogP contribution in [0.25, 0.3) is 11.1 Å². The topological polar surface area (TPSA) is 43.4 Å². The molecule has 2 aliphatic carbocycles. The summed E-state index contributed by atoms with van der Waals surface area (Å²) in [7, 11) is 0. The van der Waals surface area contributed by atoms with Gasteiger partial charge in [0.05, 0.1) is 0 Å². The first-order valence-corrected chi connectivity index (χ1v) is 10.1. The average molecular weight is 370 g/mol. The Balaban J connectivity index is 1.61. The standard InChI is InChI=1S/C25H22O3/c26-19-8-4-10-21-24(19)23(25-20(27)9-5-11-22(25)28-21)18-14-12-17(13-15-18)16-6-2-1-3-7-16/h1-3,6-7,12-15,23H,4-5,8-11H2. The normalized spacial score (nSPS) is 20.0. The molecular weight excluding hydrogens is 348 g/mol. The van der Waals surface area contributed by atoms with E-state index < -0.39 is 0 Å². The zero-order valence-corrected chi connectivity index (χ0v) is 15.7. The van der Waals surface area contributed by atoms with Gasteiger partial charge in [-0.05, 0) is 29.5 Å². The van der Waals surface area contributed by atoms with Crippen LogP contribution < -0.4 is 0 Å². The highest BCUT2D eigenvalue weighted by Gasteiger charge is 2.41. The number of hydrogen-bond donors (Lipinski definition) is 0. The SMILES string of the molecule is O=C1CCCC2=C1C(c1ccc(-c3ccccc3)cc1)C1=C(CCCC1=O)O2. The minimum atomic E-state index is -0.274. The van der Waals surface area contributed by atoms with Crippen LogP contribution in [-0.4, -0.2) is 11.6 Å². The van der Waals surface area contributed by atoms with Crippen molar-refractivity contribution in [1.82, 2.24) is 0 Å². The molecular formula is C25H22O3. The summed E-state index contributed by atoms with van der Waals surface area (Å²) in [5.41, 5.74) is 4.72. The van der Waals surface area contributed by atoms with E-state index in [1.807, 2.05) is 18.2 Å². The average Bonchev–Trinajstić information content (AvgIpc) is 2.74. The molecule has 140 valence electrons. The van der Waals surface area contributed by atoms with Gasteiger partial charge in [0.15, 0.2) is 11.6 Å². The quantitative estimate of drug-likeness (QED) is 0.703. The van der Waals surface area contributed by atoms with Crippen LogP contribution in [0.3, 0.4) is 0 Å². The van der Waals surface area contributed by atoms with Gasteiger partial charge in [-0.1, -0.05) is 54.6 Å². The second-order valence-electron chi connectivity index (χ2n) is 7.75. The largest absolute Gasteiger partial charge is 0.465 e. The number of allylic oxidation sites excluding steroid dienone is 4. The maximum atomic E-state index is 12.8. The summed E-state index contributed by atoms with van der Waals surface area (Å²) in [6.45, 7) is 0. The molecule has 0 unspecified atom stereocenters. The Labute approximate surface area is 164 Å². The van der Waals surface area contributed by atoms with Gasteiger partial charge in [0.2, 0.25) is 0 Å². The van der Waals surface area contributed by atoms with Crippen LogP contribution in [-0.2, 0) is 14.3 Å². The van der Waals surface area contributed by atoms with E-state index in [1.165, 1.54) is 0 Å². The van der Waals surface area contributed by atoms with Crippen LogP contribution in [0.2, 0.25) is 0 Å². The summed E-state index contributed by atoms with van der Waals surface area (Å²) in [5.74, 6) is 1.57. The third kappa shape index (κ3) is 2.82. The highest BCUT2D eigenvalue weighted by molar-refractivity contribution is 6.05. The van der Waals surface area contributed by atoms with E-state index in [2.05, 4.69) is 36.4 Å². The van der Waals surface area contributed by atoms with E-state index in [0.29, 0.717) is 24.0 Å². The van der Waals surface area contributed by atoms with E-state index in [1.54, 1.807) is 0 Å². The molecule has 3 aliphatic rings. The Morgan fingerprint density at radius 1 is 0.643 bits per heavy atom. The van der Waals surface area contributed by atoms with Crippen molar-refractivity contribution in [3.8, 4) is 11.1 Å². The third-order valence-corrected chi connectivity index (χ3v) is 5.99. The summed E-state index contributed by atoms with van der Waals surface area (Å²) >= 11 is 0. The van der Waals surface area contributed by atoms with E-state index in [9.17, 15) is 9.59 Å². The van der Waals surface area contributed by atoms with Crippen molar-refractivity contribution in [1.29, 1.82) is 0 Å². The molecule has 0 aromatic heterocycles. The number of Topliss-reactive ketones (excluding diaryl/α,β-unsaturated/α-hetero) is 2. The Morgan fingerprint density at radius 3 is 1.75 bits per heavy atom. The van der Waals surface area contributed by atoms with Crippen molar-refractivity contribution in [3.05, 3.63) is 82.8 Å². The fourth-order valence-corrected chi connectivity index (χ4v) is 4.65. The van der Waals surface area contributed by atoms with Gasteiger partial charge in [-0.3, -0.25) is 9.59 Å². The van der Waals surface area contributed by atoms with Gasteiger partial charge in [0, 0.05) is 42.7 Å². The molecule has 3 heteroatoms. The summed E-state index contributed by atoms with van der Waals surface area (Å²) in [6.07, 6.45) is 4.30. The fraction of sp³-hybridized carbons (Fsp3) is 0.280. The smallest absolute Gasteiger partial charge is 0.163 e. The monoisotopic (exact) mass is 370 g/mol. The number of benzene rings is 2. The number of hydrogen-bond acceptors (Lipinski definition) is 3. The van der Waals surface area contributed by atoms with Crippen molar-refractivity contribution in [3.63, 3.8) is 0 Å². The summed E-state index contributed by atoms with van der Waals surface area (Å²) in [6, 6.07) is 18.5. The molecule has 28 heavy (non-hydrogen) atoms. The van der Waals surface area contributed by atoms with Crippen LogP contribution >= 0.6 is 0 Å². The molecule has 1 aliphatic heterocycles. The van der Waals surface area contributed by atoms with E-state index in [-0.39, 0.29) is 17.5 Å². The molecule has 0 saturated carbocycles. The molecule has 2 aromatic carbocycles. The van der Waals surface area contributed by atoms with Crippen LogP contribution in [0.4, 0.5) is 0 Å². The molecule has 0 atom stereocenters. The van der Waals surface area contributed by atoms with Gasteiger partial charge in [-0.25, -0.2) is 0 Å². The van der Waals surface area contributed by atoms with E-state index in [4.69, 9.17) is 4.74 Å². The minimum Gasteiger partial charge on any atom is -0.465 e. The number of ether oxygens (including phenoxy) is 1. The lowest BCUT2D eigenvalue weighted by molar-refractivity contribution is -0.117. The molecule has 0 saturated heterocycles. The Hall–Kier alpha value is -2.94. The number of ketones is 2. The first-order chi connectivity index (χ1) is 13.7. The number of carbonyl (C=O) groups is 2. The van der Waals surface area contributed by atoms with Crippen LogP contribution in [0.5, 0.6) is 0 Å². The summed E-state index contributed by atoms with van der Waals surface area (Å²) in [5, 5.41) is 0. The Morgan fingerprint density at radius 2 is 1.18 bits per heavy atom. The Bertz CT molecular complexity index is 968. The summed E-state index contributed by atoms with van der Waals surface area (Å²) < 4.78 is 6.10. The lowest BCUT2D eigenvalue weighted by atomic mass is 9.73. The molecule has 3 nitrogen and oxygen atoms in total. The molecule has 0 radical (unpaired) electrons. The summed E-state index contributed by atoms with van der Waals surface area (Å²) in [4.78, 5) is 25.6. The zero-order chi connectivity index (χ0) is 19.1. The van der Waals surface area contributed by atoms with Gasteiger partial charge in [0.25, 0.3) is 0 Å². The minimum absolute atomic E-state index is 0.128. The highest BCUT2D eigenvalue weighted by atomic mass is 16.5. The molecule has 0 bridgehead atoms. The molecule has 0 fully saturated rings. The van der Waals surface area contributed by atoms with Gasteiger partial charge in [0.1, 0.15) is 11.5 Å². The third-order valence-electron chi connectivity index (χ3n) is 5.99. The molecule has 0 N–H and O–H groups in total. The van der Waals surface area contributed by atoms with Crippen molar-refractivity contribution in [2.24, 2.45) is 0 Å². The van der Waals surface area contributed by atoms with Crippen LogP contribution in [0.1, 0.15) is 50.0 Å². The second kappa shape index (κ2) is 6.90. The van der Waals surface area contributed by atoms with E-state index in [0.717, 1.165) is 53.9 Å². The van der Waals surface area contributed by atoms with Gasteiger partial charge < -0.3 is 4.74 Å². The molecule has 0 spiro atoms. The van der Waals surface area contributed by atoms with Crippen molar-refractivity contribution in [2.75, 3.05) is 0 Å². The molecule has 0 amide bonds. The van der Waals surface area contributed by atoms with Gasteiger partial charge in [-0.2, -0.15) is 0 Å². The lowest BCUT2D eigenvalue weighted by Gasteiger charge is -2.36. The number of carbonyl (C=O) groups excluding carboxylic acids is 2. The molecule has 1 heterocycles. The maximum Gasteiger partial charge on any atom is 0.163 e. The first kappa shape index (κ1) is 17.2. The number of rotatable bonds is 2. The Kier molecular flexibility index (Phi) is 4.23. The van der Waals surface area contributed by atoms with Crippen LogP contribution in [0, 0.1) is 0 Å². The predicted octanol–water partition coefficient (Wildman–Crippen LogP) is 5.48. The highest BCUT2D eigenvalue weighted by Crippen LogP contribution is 2.47. The van der Waals surface area contributed by atoms with Gasteiger partial charge >= 0.3 is 0 Å². The van der Waals surface area contributed by atoms with Crippen molar-refractivity contribution >= 4 is 11.6 Å². The fourth-order valence-electron chi connectivity index (χ4n) is 4.65. The van der Waals surface area contributed by atoms with Gasteiger partial charge in [-0.15, -0.1) is 0 Å². The van der Waals surface area contributed by atoms with Crippen LogP contribution in [0.15, 0.2) is 77.3 Å². The zero-order valence-electron chi connectivity index (χ0n) is 15.7. The first-order valence-electron chi connectivity index (χ1n) is 10.1. The maximum absolute atomic E-state index is 12.8. The molecule has 2 aromatic rings. The van der Waals surface area contributed by atoms with E-state index >= 15 is 0 Å². The van der Waals surface area contributed by atoms with Crippen molar-refractivity contribution < 1.29 is 14.3 Å².